The molecule has 0 aromatic rings. The van der Waals surface area contributed by atoms with Gasteiger partial charge in [0.2, 0.25) is 0 Å². The molecule has 0 saturated heterocycles. The van der Waals surface area contributed by atoms with Crippen molar-refractivity contribution in [3.63, 3.8) is 0 Å². The third-order valence-electron chi connectivity index (χ3n) is 1.31. The van der Waals surface area contributed by atoms with Gasteiger partial charge in [-0.3, -0.25) is 4.79 Å². The predicted octanol–water partition coefficient (Wildman–Crippen LogP) is 2.34. The van der Waals surface area contributed by atoms with E-state index in [9.17, 15) is 4.79 Å². The molecule has 0 saturated carbocycles. The highest BCUT2D eigenvalue weighted by molar-refractivity contribution is 5.66. The second kappa shape index (κ2) is 13.5. The summed E-state index contributed by atoms with van der Waals surface area (Å²) in [5.74, 6) is 2.05. The van der Waals surface area contributed by atoms with E-state index in [0.29, 0.717) is 6.61 Å². The molecule has 0 radical (unpaired) electrons. The molecule has 0 spiro atoms. The zero-order valence-corrected chi connectivity index (χ0v) is 10.4. The van der Waals surface area contributed by atoms with Gasteiger partial charge >= 0.3 is 5.97 Å². The zero-order chi connectivity index (χ0) is 12.8. The van der Waals surface area contributed by atoms with Gasteiger partial charge in [-0.25, -0.2) is 0 Å². The van der Waals surface area contributed by atoms with E-state index in [4.69, 9.17) is 15.9 Å². The Morgan fingerprint density at radius 2 is 2.06 bits per heavy atom. The Kier molecular flexibility index (Phi) is 14.2. The van der Waals surface area contributed by atoms with Crippen molar-refractivity contribution >= 4 is 5.97 Å². The van der Waals surface area contributed by atoms with Gasteiger partial charge in [0.15, 0.2) is 0 Å². The van der Waals surface area contributed by atoms with Gasteiger partial charge < -0.3 is 9.47 Å². The maximum Gasteiger partial charge on any atom is 0.302 e. The van der Waals surface area contributed by atoms with Crippen molar-refractivity contribution in [1.82, 2.24) is 0 Å². The van der Waals surface area contributed by atoms with E-state index in [0.717, 1.165) is 5.57 Å². The average Bonchev–Trinajstić information content (AvgIpc) is 2.29. The summed E-state index contributed by atoms with van der Waals surface area (Å²) in [7, 11) is 1.60. The number of hydrogen-bond donors (Lipinski definition) is 0. The zero-order valence-electron chi connectivity index (χ0n) is 10.4. The number of terminal acetylenes is 1. The molecule has 0 amide bonds. The van der Waals surface area contributed by atoms with Crippen LogP contribution in [0, 0.1) is 12.3 Å². The van der Waals surface area contributed by atoms with E-state index in [2.05, 4.69) is 5.92 Å². The third kappa shape index (κ3) is 12.5. The summed E-state index contributed by atoms with van der Waals surface area (Å²) in [5, 5.41) is 0. The van der Waals surface area contributed by atoms with Gasteiger partial charge in [0.25, 0.3) is 0 Å². The van der Waals surface area contributed by atoms with Gasteiger partial charge in [-0.15, -0.1) is 6.42 Å². The molecule has 0 aromatic heterocycles. The van der Waals surface area contributed by atoms with E-state index in [-0.39, 0.29) is 12.6 Å². The number of carbonyl (C=O) groups is 1. The molecule has 0 aliphatic rings. The Labute approximate surface area is 98.1 Å². The lowest BCUT2D eigenvalue weighted by Gasteiger charge is -2.01. The summed E-state index contributed by atoms with van der Waals surface area (Å²) in [6.07, 6.45) is 10.2. The summed E-state index contributed by atoms with van der Waals surface area (Å²) in [6, 6.07) is 0. The van der Waals surface area contributed by atoms with Crippen LogP contribution in [0.15, 0.2) is 23.8 Å². The standard InChI is InChI=1S/C11H14O3.C2H6/c1-4-6-11(7-5-8-13-3)9-14-10(2)12;1-2/h1,5-7H,8-9H2,2-3H3;1-2H3/b7-5-,11-6+;. The molecule has 3 nitrogen and oxygen atoms in total. The molecule has 0 unspecified atom stereocenters. The van der Waals surface area contributed by atoms with Gasteiger partial charge in [-0.1, -0.05) is 31.9 Å². The summed E-state index contributed by atoms with van der Waals surface area (Å²) < 4.78 is 9.61. The monoisotopic (exact) mass is 224 g/mol. The molecule has 0 atom stereocenters. The molecule has 3 heteroatoms. The summed E-state index contributed by atoms with van der Waals surface area (Å²) in [5.41, 5.74) is 0.764. The summed E-state index contributed by atoms with van der Waals surface area (Å²) >= 11 is 0. The maximum absolute atomic E-state index is 10.5. The Bertz CT molecular complexity index is 269. The first-order valence-corrected chi connectivity index (χ1v) is 5.14. The van der Waals surface area contributed by atoms with Gasteiger partial charge in [0.05, 0.1) is 6.61 Å². The molecule has 0 aliphatic carbocycles. The highest BCUT2D eigenvalue weighted by atomic mass is 16.5. The smallest absolute Gasteiger partial charge is 0.302 e. The molecular weight excluding hydrogens is 204 g/mol. The van der Waals surface area contributed by atoms with Gasteiger partial charge in [-0.05, 0) is 11.6 Å². The first-order valence-electron chi connectivity index (χ1n) is 5.14. The van der Waals surface area contributed by atoms with Crippen LogP contribution in [0.1, 0.15) is 20.8 Å². The van der Waals surface area contributed by atoms with E-state index >= 15 is 0 Å². The third-order valence-corrected chi connectivity index (χ3v) is 1.31. The largest absolute Gasteiger partial charge is 0.461 e. The molecule has 0 fully saturated rings. The van der Waals surface area contributed by atoms with Crippen LogP contribution < -0.4 is 0 Å². The van der Waals surface area contributed by atoms with Crippen molar-refractivity contribution in [2.75, 3.05) is 20.3 Å². The van der Waals surface area contributed by atoms with E-state index < -0.39 is 0 Å². The van der Waals surface area contributed by atoms with Gasteiger partial charge in [0.1, 0.15) is 6.61 Å². The minimum atomic E-state index is -0.326. The van der Waals surface area contributed by atoms with Crippen LogP contribution in [0.4, 0.5) is 0 Å². The van der Waals surface area contributed by atoms with Crippen molar-refractivity contribution < 1.29 is 14.3 Å². The first kappa shape index (κ1) is 16.9. The number of methoxy groups -OCH3 is 1. The molecular formula is C13H20O3. The average molecular weight is 224 g/mol. The molecule has 0 heterocycles. The fourth-order valence-corrected chi connectivity index (χ4v) is 0.726. The van der Waals surface area contributed by atoms with Crippen molar-refractivity contribution in [1.29, 1.82) is 0 Å². The first-order chi connectivity index (χ1) is 7.70. The van der Waals surface area contributed by atoms with Crippen molar-refractivity contribution in [2.45, 2.75) is 20.8 Å². The lowest BCUT2D eigenvalue weighted by Crippen LogP contribution is -2.02. The van der Waals surface area contributed by atoms with Crippen LogP contribution in [0.2, 0.25) is 0 Å². The Balaban J connectivity index is 0. The number of hydrogen-bond acceptors (Lipinski definition) is 3. The fourth-order valence-electron chi connectivity index (χ4n) is 0.726. The highest BCUT2D eigenvalue weighted by Gasteiger charge is 1.95. The molecule has 90 valence electrons. The lowest BCUT2D eigenvalue weighted by molar-refractivity contribution is -0.139. The predicted molar refractivity (Wildman–Crippen MR) is 65.9 cm³/mol. The molecule has 0 rings (SSSR count). The van der Waals surface area contributed by atoms with Crippen LogP contribution in [0.3, 0.4) is 0 Å². The number of esters is 1. The van der Waals surface area contributed by atoms with Gasteiger partial charge in [-0.2, -0.15) is 0 Å². The summed E-state index contributed by atoms with van der Waals surface area (Å²) in [6.45, 7) is 6.05. The Morgan fingerprint density at radius 3 is 2.50 bits per heavy atom. The normalized spacial score (nSPS) is 10.3. The molecule has 16 heavy (non-hydrogen) atoms. The molecule has 0 aliphatic heterocycles. The maximum atomic E-state index is 10.5. The molecule has 0 N–H and O–H groups in total. The van der Waals surface area contributed by atoms with E-state index in [1.807, 2.05) is 13.8 Å². The fraction of sp³-hybridized carbons (Fsp3) is 0.462. The van der Waals surface area contributed by atoms with E-state index in [1.165, 1.54) is 6.92 Å². The van der Waals surface area contributed by atoms with Crippen LogP contribution >= 0.6 is 0 Å². The minimum Gasteiger partial charge on any atom is -0.461 e. The number of allylic oxidation sites excluding steroid dienone is 1. The van der Waals surface area contributed by atoms with Gasteiger partial charge in [0, 0.05) is 14.0 Å². The Hall–Kier alpha value is -1.53. The molecule has 0 bridgehead atoms. The lowest BCUT2D eigenvalue weighted by atomic mass is 10.2. The summed E-state index contributed by atoms with van der Waals surface area (Å²) in [4.78, 5) is 10.5. The molecule has 0 aromatic carbocycles. The van der Waals surface area contributed by atoms with Crippen LogP contribution in [0.25, 0.3) is 0 Å². The second-order valence-corrected chi connectivity index (χ2v) is 2.52. The van der Waals surface area contributed by atoms with Crippen molar-refractivity contribution in [3.05, 3.63) is 23.8 Å². The van der Waals surface area contributed by atoms with E-state index in [1.54, 1.807) is 25.3 Å². The van der Waals surface area contributed by atoms with Crippen LogP contribution in [0.5, 0.6) is 0 Å². The quantitative estimate of drug-likeness (QED) is 0.408. The number of rotatable bonds is 5. The Morgan fingerprint density at radius 1 is 1.44 bits per heavy atom. The van der Waals surface area contributed by atoms with Crippen LogP contribution in [-0.2, 0) is 14.3 Å². The topological polar surface area (TPSA) is 35.5 Å². The number of carbonyl (C=O) groups excluding carboxylic acids is 1. The van der Waals surface area contributed by atoms with Crippen molar-refractivity contribution in [2.24, 2.45) is 0 Å². The second-order valence-electron chi connectivity index (χ2n) is 2.52. The minimum absolute atomic E-state index is 0.194. The number of ether oxygens (including phenoxy) is 2. The highest BCUT2D eigenvalue weighted by Crippen LogP contribution is 1.98. The van der Waals surface area contributed by atoms with Crippen LogP contribution in [-0.4, -0.2) is 26.3 Å². The SMILES string of the molecule is C#C/C=C(\C=C/COC)COC(C)=O.CC. The van der Waals surface area contributed by atoms with Crippen molar-refractivity contribution in [3.8, 4) is 12.3 Å².